The van der Waals surface area contributed by atoms with Crippen LogP contribution in [0.25, 0.3) is 0 Å². The van der Waals surface area contributed by atoms with Gasteiger partial charge in [-0.2, -0.15) is 0 Å². The van der Waals surface area contributed by atoms with Gasteiger partial charge in [0.25, 0.3) is 0 Å². The van der Waals surface area contributed by atoms with E-state index < -0.39 is 30.8 Å². The van der Waals surface area contributed by atoms with Crippen molar-refractivity contribution in [2.24, 2.45) is 0 Å². The molecule has 0 atom stereocenters. The molecule has 0 aromatic heterocycles. The van der Waals surface area contributed by atoms with Gasteiger partial charge in [-0.25, -0.2) is 24.0 Å². The predicted octanol–water partition coefficient (Wildman–Crippen LogP) is -2.90. The Morgan fingerprint density at radius 1 is 0.545 bits per heavy atom. The monoisotopic (exact) mass is 502 g/mol. The number of hydrogen-bond acceptors (Lipinski definition) is 9. The molecule has 0 heterocycles. The first-order chi connectivity index (χ1) is 7.31. The van der Waals surface area contributed by atoms with Crippen LogP contribution in [-0.2, 0) is 57.9 Å². The first-order valence-electron chi connectivity index (χ1n) is 3.10. The van der Waals surface area contributed by atoms with E-state index in [1.165, 1.54) is 0 Å². The van der Waals surface area contributed by atoms with E-state index in [9.17, 15) is 24.0 Å². The quantitative estimate of drug-likeness (QED) is 0.197. The van der Waals surface area contributed by atoms with Crippen LogP contribution >= 0.6 is 0 Å². The maximum Gasteiger partial charge on any atom is 0.316 e. The Hall–Kier alpha value is 2.45. The van der Waals surface area contributed by atoms with Crippen LogP contribution in [0.1, 0.15) is 0 Å². The van der Waals surface area contributed by atoms with Crippen molar-refractivity contribution in [3.8, 4) is 0 Å². The molecule has 0 saturated heterocycles. The Morgan fingerprint density at radius 2 is 0.727 bits per heavy atom. The average Bonchev–Trinajstić information content (AvgIpc) is 1.97. The van der Waals surface area contributed by atoms with Gasteiger partial charge in [0, 0.05) is 39.0 Å². The molecular formula is C5H10Ca2Mg2O11Zn2. The van der Waals surface area contributed by atoms with Gasteiger partial charge in [-0.3, -0.25) is 0 Å². The SMILES string of the molecule is O=C(O)OC(=O)OC(=O)OC(=O)OC(=O)O.[CaH2].[CaH2].[MgH2].[MgH2].[Zn].[Zn]. The van der Waals surface area contributed by atoms with E-state index >= 15 is 0 Å². The van der Waals surface area contributed by atoms with Crippen LogP contribution in [-0.4, -0.2) is 163 Å². The summed E-state index contributed by atoms with van der Waals surface area (Å²) in [5, 5.41) is 15.7. The van der Waals surface area contributed by atoms with Crippen molar-refractivity contribution in [1.29, 1.82) is 0 Å². The van der Waals surface area contributed by atoms with Gasteiger partial charge < -0.3 is 29.2 Å². The van der Waals surface area contributed by atoms with Crippen molar-refractivity contribution in [3.63, 3.8) is 0 Å². The number of carbonyl (C=O) groups excluding carboxylic acids is 3. The summed E-state index contributed by atoms with van der Waals surface area (Å²) >= 11 is 0. The van der Waals surface area contributed by atoms with Crippen LogP contribution in [0.5, 0.6) is 0 Å². The molecule has 22 heavy (non-hydrogen) atoms. The molecule has 108 valence electrons. The second-order valence-corrected chi connectivity index (χ2v) is 1.69. The summed E-state index contributed by atoms with van der Waals surface area (Å²) in [6.07, 6.45) is -10.1. The van der Waals surface area contributed by atoms with Crippen LogP contribution in [0.15, 0.2) is 0 Å². The minimum atomic E-state index is -2.06. The second kappa shape index (κ2) is 25.7. The van der Waals surface area contributed by atoms with Gasteiger partial charge in [-0.1, -0.05) is 0 Å². The number of carboxylic acid groups (broad SMARTS) is 2. The van der Waals surface area contributed by atoms with Crippen LogP contribution in [0.4, 0.5) is 24.0 Å². The topological polar surface area (TPSA) is 163 Å². The zero-order valence-corrected chi connectivity index (χ0v) is 14.4. The smallest absolute Gasteiger partial charge is 0 e. The molecule has 0 aliphatic heterocycles. The third kappa shape index (κ3) is 30.3. The normalized spacial score (nSPS) is 6.18. The Bertz CT molecular complexity index is 336. The fourth-order valence-electron chi connectivity index (χ4n) is 0.341. The summed E-state index contributed by atoms with van der Waals surface area (Å²) in [6, 6.07) is 0. The van der Waals surface area contributed by atoms with E-state index in [0.29, 0.717) is 0 Å². The Morgan fingerprint density at radius 3 is 0.909 bits per heavy atom. The summed E-state index contributed by atoms with van der Waals surface area (Å²) in [7, 11) is 0. The Kier molecular flexibility index (Phi) is 51.6. The molecule has 0 aromatic carbocycles. The zero-order chi connectivity index (χ0) is 12.7. The van der Waals surface area contributed by atoms with Crippen molar-refractivity contribution < 1.29 is 92.1 Å². The zero-order valence-electron chi connectivity index (χ0n) is 8.48. The molecule has 0 rings (SSSR count). The Labute approximate surface area is 240 Å². The molecule has 0 spiro atoms. The minimum absolute atomic E-state index is 0. The molecule has 0 aromatic rings. The van der Waals surface area contributed by atoms with Gasteiger partial charge in [0.1, 0.15) is 0 Å². The average molecular weight is 506 g/mol. The minimum Gasteiger partial charge on any atom is 0 e. The third-order valence-electron chi connectivity index (χ3n) is 0.675. The van der Waals surface area contributed by atoms with Gasteiger partial charge >= 0.3 is 152 Å². The largest absolute Gasteiger partial charge is 0.316 e. The van der Waals surface area contributed by atoms with E-state index in [0.717, 1.165) is 0 Å². The molecule has 0 saturated carbocycles. The summed E-state index contributed by atoms with van der Waals surface area (Å²) in [6.45, 7) is 0. The van der Waals surface area contributed by atoms with Crippen LogP contribution < -0.4 is 0 Å². The van der Waals surface area contributed by atoms with Crippen LogP contribution in [0, 0.1) is 0 Å². The second-order valence-electron chi connectivity index (χ2n) is 1.69. The molecular weight excluding hydrogens is 496 g/mol. The molecule has 0 fully saturated rings. The Balaban J connectivity index is -0.0000000750. The molecule has 0 bridgehead atoms. The molecule has 0 amide bonds. The maximum atomic E-state index is 10.4. The van der Waals surface area contributed by atoms with Crippen molar-refractivity contribution in [1.82, 2.24) is 0 Å². The van der Waals surface area contributed by atoms with Crippen molar-refractivity contribution in [3.05, 3.63) is 0 Å². The predicted molar refractivity (Wildman–Crippen MR) is 70.8 cm³/mol. The summed E-state index contributed by atoms with van der Waals surface area (Å²) in [5.41, 5.74) is 0. The summed E-state index contributed by atoms with van der Waals surface area (Å²) < 4.78 is 13.4. The van der Waals surface area contributed by atoms with Gasteiger partial charge in [0.05, 0.1) is 0 Å². The first kappa shape index (κ1) is 44.2. The third-order valence-corrected chi connectivity index (χ3v) is 0.675. The number of rotatable bonds is 0. The van der Waals surface area contributed by atoms with Crippen LogP contribution in [0.2, 0.25) is 0 Å². The fraction of sp³-hybridized carbons (Fsp3) is 0. The molecule has 0 unspecified atom stereocenters. The van der Waals surface area contributed by atoms with E-state index in [-0.39, 0.29) is 161 Å². The van der Waals surface area contributed by atoms with Crippen molar-refractivity contribution >= 4 is 152 Å². The molecule has 11 nitrogen and oxygen atoms in total. The first-order valence-corrected chi connectivity index (χ1v) is 3.10. The van der Waals surface area contributed by atoms with E-state index in [2.05, 4.69) is 18.9 Å². The van der Waals surface area contributed by atoms with Gasteiger partial charge in [-0.05, 0) is 0 Å². The molecule has 0 aliphatic rings. The standard InChI is InChI=1S/C5H2O11.2Ca.2Mg.2Zn.8H/c6-1(7)13-3(10)15-5(12)16-4(11)14-2(8)9;;;;;;;;;;;;;;/h(H,6,7)(H,8,9);;;;;;;;;;;;;;. The van der Waals surface area contributed by atoms with Gasteiger partial charge in [0.2, 0.25) is 0 Å². The number of carbonyl (C=O) groups is 5. The summed E-state index contributed by atoms with van der Waals surface area (Å²) in [4.78, 5) is 50.4. The number of hydrogen-bond donors (Lipinski definition) is 2. The molecule has 0 aliphatic carbocycles. The van der Waals surface area contributed by atoms with Gasteiger partial charge in [0.15, 0.2) is 0 Å². The number of ether oxygens (including phenoxy) is 4. The van der Waals surface area contributed by atoms with E-state index in [4.69, 9.17) is 10.2 Å². The van der Waals surface area contributed by atoms with Gasteiger partial charge in [-0.15, -0.1) is 0 Å². The molecule has 2 N–H and O–H groups in total. The van der Waals surface area contributed by atoms with Crippen molar-refractivity contribution in [2.45, 2.75) is 0 Å². The van der Waals surface area contributed by atoms with E-state index in [1.54, 1.807) is 0 Å². The summed E-state index contributed by atoms with van der Waals surface area (Å²) in [5.74, 6) is 0. The fourth-order valence-corrected chi connectivity index (χ4v) is 0.341. The van der Waals surface area contributed by atoms with Crippen LogP contribution in [0.3, 0.4) is 0 Å². The van der Waals surface area contributed by atoms with E-state index in [1.807, 2.05) is 0 Å². The molecule has 0 radical (unpaired) electrons. The van der Waals surface area contributed by atoms with Crippen molar-refractivity contribution in [2.75, 3.05) is 0 Å². The molecule has 17 heteroatoms. The maximum absolute atomic E-state index is 10.4.